The van der Waals surface area contributed by atoms with Crippen LogP contribution in [0.1, 0.15) is 25.3 Å². The summed E-state index contributed by atoms with van der Waals surface area (Å²) in [6, 6.07) is 4.17. The molecule has 0 unspecified atom stereocenters. The van der Waals surface area contributed by atoms with Crippen molar-refractivity contribution in [3.8, 4) is 5.75 Å². The molecule has 94 valence electrons. The number of nitrogens with zero attached hydrogens (tertiary/aromatic N) is 1. The van der Waals surface area contributed by atoms with Crippen LogP contribution in [-0.4, -0.2) is 17.6 Å². The third-order valence-corrected chi connectivity index (χ3v) is 2.28. The second-order valence-corrected chi connectivity index (χ2v) is 3.77. The number of rotatable bonds is 5. The molecule has 4 N–H and O–H groups in total. The zero-order valence-electron chi connectivity index (χ0n) is 9.91. The van der Waals surface area contributed by atoms with Crippen molar-refractivity contribution in [2.75, 3.05) is 6.54 Å². The fraction of sp³-hybridized carbons (Fsp3) is 0.417. The number of nitrogens with one attached hydrogen (secondary N) is 1. The molecule has 1 rings (SSSR count). The van der Waals surface area contributed by atoms with Gasteiger partial charge in [0, 0.05) is 6.54 Å². The summed E-state index contributed by atoms with van der Waals surface area (Å²) in [5.41, 5.74) is 6.29. The molecule has 1 aromatic carbocycles. The first-order valence-corrected chi connectivity index (χ1v) is 5.64. The summed E-state index contributed by atoms with van der Waals surface area (Å²) in [4.78, 5) is 4.07. The van der Waals surface area contributed by atoms with E-state index in [2.05, 4.69) is 17.2 Å². The molecule has 0 aliphatic heterocycles. The minimum Gasteiger partial charge on any atom is -0.505 e. The molecule has 1 aromatic rings. The summed E-state index contributed by atoms with van der Waals surface area (Å²) in [5.74, 6) is -0.645. The zero-order chi connectivity index (χ0) is 12.7. The first-order chi connectivity index (χ1) is 8.13. The number of hydrogen-bond acceptors (Lipinski definition) is 2. The highest BCUT2D eigenvalue weighted by molar-refractivity contribution is 5.77. The molecule has 0 aliphatic rings. The van der Waals surface area contributed by atoms with E-state index in [1.165, 1.54) is 12.1 Å². The SMILES string of the molecule is CCCCNC(N)=NCc1ccc(O)c(F)c1. The molecule has 0 atom stereocenters. The largest absolute Gasteiger partial charge is 0.505 e. The summed E-state index contributed by atoms with van der Waals surface area (Å²) < 4.78 is 13.0. The molecular weight excluding hydrogens is 221 g/mol. The van der Waals surface area contributed by atoms with Crippen LogP contribution in [0.2, 0.25) is 0 Å². The number of hydrogen-bond donors (Lipinski definition) is 3. The van der Waals surface area contributed by atoms with Crippen molar-refractivity contribution in [1.82, 2.24) is 5.32 Å². The van der Waals surface area contributed by atoms with Crippen LogP contribution in [-0.2, 0) is 6.54 Å². The molecule has 0 saturated carbocycles. The number of nitrogens with two attached hydrogens (primary N) is 1. The summed E-state index contributed by atoms with van der Waals surface area (Å²) in [6.07, 6.45) is 2.12. The normalized spacial score (nSPS) is 11.5. The summed E-state index contributed by atoms with van der Waals surface area (Å²) in [6.45, 7) is 3.17. The lowest BCUT2D eigenvalue weighted by Gasteiger charge is -2.04. The molecule has 0 saturated heterocycles. The highest BCUT2D eigenvalue weighted by Crippen LogP contribution is 2.16. The molecule has 0 aliphatic carbocycles. The fourth-order valence-electron chi connectivity index (χ4n) is 1.27. The zero-order valence-corrected chi connectivity index (χ0v) is 9.91. The van der Waals surface area contributed by atoms with E-state index < -0.39 is 5.82 Å². The van der Waals surface area contributed by atoms with Gasteiger partial charge < -0.3 is 16.2 Å². The van der Waals surface area contributed by atoms with Gasteiger partial charge in [0.25, 0.3) is 0 Å². The van der Waals surface area contributed by atoms with Gasteiger partial charge in [-0.1, -0.05) is 19.4 Å². The first kappa shape index (κ1) is 13.3. The molecule has 0 fully saturated rings. The molecule has 0 radical (unpaired) electrons. The summed E-state index contributed by atoms with van der Waals surface area (Å²) >= 11 is 0. The highest BCUT2D eigenvalue weighted by atomic mass is 19.1. The number of unbranched alkanes of at least 4 members (excludes halogenated alkanes) is 1. The van der Waals surface area contributed by atoms with Crippen LogP contribution in [0.5, 0.6) is 5.75 Å². The molecule has 0 spiro atoms. The molecule has 0 heterocycles. The van der Waals surface area contributed by atoms with Crippen LogP contribution in [0, 0.1) is 5.82 Å². The van der Waals surface area contributed by atoms with Gasteiger partial charge in [-0.05, 0) is 24.1 Å². The maximum Gasteiger partial charge on any atom is 0.188 e. The number of aliphatic imine (C=N–C) groups is 1. The Morgan fingerprint density at radius 1 is 1.53 bits per heavy atom. The number of benzene rings is 1. The van der Waals surface area contributed by atoms with Crippen molar-refractivity contribution in [1.29, 1.82) is 0 Å². The van der Waals surface area contributed by atoms with Crippen molar-refractivity contribution in [3.63, 3.8) is 0 Å². The van der Waals surface area contributed by atoms with E-state index in [4.69, 9.17) is 10.8 Å². The Hall–Kier alpha value is -1.78. The van der Waals surface area contributed by atoms with E-state index >= 15 is 0 Å². The van der Waals surface area contributed by atoms with Crippen molar-refractivity contribution in [2.24, 2.45) is 10.7 Å². The van der Waals surface area contributed by atoms with Crippen LogP contribution in [0.25, 0.3) is 0 Å². The van der Waals surface area contributed by atoms with Gasteiger partial charge in [0.05, 0.1) is 6.54 Å². The smallest absolute Gasteiger partial charge is 0.188 e. The van der Waals surface area contributed by atoms with Gasteiger partial charge in [-0.15, -0.1) is 0 Å². The summed E-state index contributed by atoms with van der Waals surface area (Å²) in [5, 5.41) is 12.0. The Kier molecular flexibility index (Phi) is 5.26. The van der Waals surface area contributed by atoms with Crippen LogP contribution in [0.15, 0.2) is 23.2 Å². The van der Waals surface area contributed by atoms with Gasteiger partial charge in [-0.2, -0.15) is 0 Å². The Balaban J connectivity index is 2.48. The monoisotopic (exact) mass is 239 g/mol. The number of phenolic OH excluding ortho intramolecular Hbond substituents is 1. The number of phenols is 1. The minimum absolute atomic E-state index is 0.294. The predicted molar refractivity (Wildman–Crippen MR) is 66.3 cm³/mol. The Morgan fingerprint density at radius 2 is 2.29 bits per heavy atom. The van der Waals surface area contributed by atoms with Crippen molar-refractivity contribution >= 4 is 5.96 Å². The lowest BCUT2D eigenvalue weighted by Crippen LogP contribution is -2.32. The standard InChI is InChI=1S/C12H18FN3O/c1-2-3-6-15-12(14)16-8-9-4-5-11(17)10(13)7-9/h4-5,7,17H,2-3,6,8H2,1H3,(H3,14,15,16). The molecular formula is C12H18FN3O. The second-order valence-electron chi connectivity index (χ2n) is 3.77. The molecule has 17 heavy (non-hydrogen) atoms. The van der Waals surface area contributed by atoms with Gasteiger partial charge >= 0.3 is 0 Å². The Labute approximate surface area is 100 Å². The number of guanidine groups is 1. The number of halogens is 1. The average molecular weight is 239 g/mol. The van der Waals surface area contributed by atoms with Gasteiger partial charge in [-0.25, -0.2) is 9.38 Å². The van der Waals surface area contributed by atoms with Crippen molar-refractivity contribution < 1.29 is 9.50 Å². The topological polar surface area (TPSA) is 70.6 Å². The predicted octanol–water partition coefficient (Wildman–Crippen LogP) is 1.74. The lowest BCUT2D eigenvalue weighted by atomic mass is 10.2. The van der Waals surface area contributed by atoms with Crippen LogP contribution in [0.4, 0.5) is 4.39 Å². The van der Waals surface area contributed by atoms with Gasteiger partial charge in [0.15, 0.2) is 17.5 Å². The van der Waals surface area contributed by atoms with E-state index in [-0.39, 0.29) is 5.75 Å². The van der Waals surface area contributed by atoms with Crippen LogP contribution < -0.4 is 11.1 Å². The Bertz CT molecular complexity index is 393. The van der Waals surface area contributed by atoms with Gasteiger partial charge in [0.2, 0.25) is 0 Å². The van der Waals surface area contributed by atoms with Gasteiger partial charge in [-0.3, -0.25) is 0 Å². The fourth-order valence-corrected chi connectivity index (χ4v) is 1.27. The third kappa shape index (κ3) is 4.72. The first-order valence-electron chi connectivity index (χ1n) is 5.64. The maximum absolute atomic E-state index is 13.0. The second kappa shape index (κ2) is 6.73. The van der Waals surface area contributed by atoms with E-state index in [0.717, 1.165) is 19.4 Å². The van der Waals surface area contributed by atoms with Crippen LogP contribution in [0.3, 0.4) is 0 Å². The molecule has 4 nitrogen and oxygen atoms in total. The van der Waals surface area contributed by atoms with Crippen molar-refractivity contribution in [3.05, 3.63) is 29.6 Å². The third-order valence-electron chi connectivity index (χ3n) is 2.28. The molecule has 0 amide bonds. The Morgan fingerprint density at radius 3 is 2.94 bits per heavy atom. The van der Waals surface area contributed by atoms with Crippen LogP contribution >= 0.6 is 0 Å². The summed E-state index contributed by atoms with van der Waals surface area (Å²) in [7, 11) is 0. The highest BCUT2D eigenvalue weighted by Gasteiger charge is 2.01. The quantitative estimate of drug-likeness (QED) is 0.416. The maximum atomic E-state index is 13.0. The van der Waals surface area contributed by atoms with Crippen molar-refractivity contribution in [2.45, 2.75) is 26.3 Å². The van der Waals surface area contributed by atoms with E-state index in [1.54, 1.807) is 6.07 Å². The van der Waals surface area contributed by atoms with E-state index in [1.807, 2.05) is 0 Å². The van der Waals surface area contributed by atoms with E-state index in [9.17, 15) is 4.39 Å². The van der Waals surface area contributed by atoms with E-state index in [0.29, 0.717) is 18.1 Å². The lowest BCUT2D eigenvalue weighted by molar-refractivity contribution is 0.432. The molecule has 0 bridgehead atoms. The average Bonchev–Trinajstić information content (AvgIpc) is 2.31. The minimum atomic E-state index is -0.643. The molecule has 0 aromatic heterocycles. The number of aromatic hydroxyl groups is 1. The van der Waals surface area contributed by atoms with Gasteiger partial charge in [0.1, 0.15) is 0 Å². The molecule has 5 heteroatoms.